The molecule has 2 radical (unpaired) electrons. The molecule has 0 saturated heterocycles. The van der Waals surface area contributed by atoms with Gasteiger partial charge in [-0.3, -0.25) is 0 Å². The van der Waals surface area contributed by atoms with Crippen LogP contribution in [0, 0.1) is 6.92 Å². The Balaban J connectivity index is 2.86. The Morgan fingerprint density at radius 1 is 1.45 bits per heavy atom. The number of hydrogen-bond acceptors (Lipinski definition) is 2. The van der Waals surface area contributed by atoms with Gasteiger partial charge in [-0.1, -0.05) is 11.3 Å². The van der Waals surface area contributed by atoms with E-state index in [4.69, 9.17) is 6.92 Å². The normalized spacial score (nSPS) is 10.7. The van der Waals surface area contributed by atoms with Gasteiger partial charge in [0.1, 0.15) is 5.52 Å². The molecule has 3 heteroatoms. The van der Waals surface area contributed by atoms with Crippen molar-refractivity contribution in [1.82, 2.24) is 15.0 Å². The molecular formula is C8H7N3. The minimum Gasteiger partial charge on any atom is -0.248 e. The van der Waals surface area contributed by atoms with E-state index in [9.17, 15) is 0 Å². The summed E-state index contributed by atoms with van der Waals surface area (Å²) in [6.45, 7) is 5.56. The van der Waals surface area contributed by atoms with Crippen molar-refractivity contribution in [3.05, 3.63) is 30.7 Å². The first-order chi connectivity index (χ1) is 5.27. The molecule has 0 unspecified atom stereocenters. The van der Waals surface area contributed by atoms with Crippen LogP contribution in [0.1, 0.15) is 5.56 Å². The van der Waals surface area contributed by atoms with Gasteiger partial charge in [-0.25, -0.2) is 4.68 Å². The largest absolute Gasteiger partial charge is 0.248 e. The fraction of sp³-hybridized carbons (Fsp3) is 0.125. The number of benzene rings is 1. The molecule has 11 heavy (non-hydrogen) atoms. The Kier molecular flexibility index (Phi) is 1.18. The van der Waals surface area contributed by atoms with Crippen molar-refractivity contribution >= 4 is 11.0 Å². The first kappa shape index (κ1) is 6.34. The zero-order valence-corrected chi connectivity index (χ0v) is 6.15. The van der Waals surface area contributed by atoms with Crippen LogP contribution in [-0.2, 0) is 7.05 Å². The molecule has 0 saturated carbocycles. The van der Waals surface area contributed by atoms with Crippen LogP contribution in [0.15, 0.2) is 18.2 Å². The van der Waals surface area contributed by atoms with E-state index < -0.39 is 0 Å². The van der Waals surface area contributed by atoms with Gasteiger partial charge in [0.25, 0.3) is 0 Å². The lowest BCUT2D eigenvalue weighted by atomic mass is 10.2. The highest BCUT2D eigenvalue weighted by molar-refractivity contribution is 5.75. The molecule has 1 aromatic carbocycles. The van der Waals surface area contributed by atoms with Gasteiger partial charge >= 0.3 is 0 Å². The summed E-state index contributed by atoms with van der Waals surface area (Å²) in [6.07, 6.45) is 0. The fourth-order valence-corrected chi connectivity index (χ4v) is 1.06. The van der Waals surface area contributed by atoms with Crippen LogP contribution in [0.5, 0.6) is 0 Å². The molecule has 1 heterocycles. The van der Waals surface area contributed by atoms with Crippen molar-refractivity contribution in [2.75, 3.05) is 0 Å². The summed E-state index contributed by atoms with van der Waals surface area (Å²) >= 11 is 0. The molecule has 0 aliphatic heterocycles. The summed E-state index contributed by atoms with van der Waals surface area (Å²) < 4.78 is 1.72. The second-order valence-electron chi connectivity index (χ2n) is 2.46. The second-order valence-corrected chi connectivity index (χ2v) is 2.46. The topological polar surface area (TPSA) is 30.7 Å². The smallest absolute Gasteiger partial charge is 0.113 e. The first-order valence-corrected chi connectivity index (χ1v) is 3.32. The van der Waals surface area contributed by atoms with Gasteiger partial charge in [0.2, 0.25) is 0 Å². The van der Waals surface area contributed by atoms with E-state index >= 15 is 0 Å². The lowest BCUT2D eigenvalue weighted by molar-refractivity contribution is 0.736. The van der Waals surface area contributed by atoms with Gasteiger partial charge < -0.3 is 0 Å². The van der Waals surface area contributed by atoms with E-state index in [1.807, 2.05) is 25.2 Å². The SMILES string of the molecule is [CH]c1ccc2c(c1)nnn2C. The molecule has 2 rings (SSSR count). The summed E-state index contributed by atoms with van der Waals surface area (Å²) in [5.74, 6) is 0. The molecule has 1 aromatic heterocycles. The Bertz CT molecular complexity index is 389. The quantitative estimate of drug-likeness (QED) is 0.554. The van der Waals surface area contributed by atoms with Crippen molar-refractivity contribution in [1.29, 1.82) is 0 Å². The lowest BCUT2D eigenvalue weighted by Gasteiger charge is -1.91. The third-order valence-corrected chi connectivity index (χ3v) is 1.63. The zero-order chi connectivity index (χ0) is 7.84. The fourth-order valence-electron chi connectivity index (χ4n) is 1.06. The lowest BCUT2D eigenvalue weighted by Crippen LogP contribution is -1.88. The second kappa shape index (κ2) is 2.05. The Labute approximate surface area is 64.6 Å². The maximum atomic E-state index is 5.56. The van der Waals surface area contributed by atoms with Crippen molar-refractivity contribution in [2.24, 2.45) is 7.05 Å². The van der Waals surface area contributed by atoms with Crippen molar-refractivity contribution in [3.63, 3.8) is 0 Å². The number of aromatic nitrogens is 3. The van der Waals surface area contributed by atoms with Gasteiger partial charge in [0.15, 0.2) is 0 Å². The van der Waals surface area contributed by atoms with E-state index in [1.165, 1.54) is 0 Å². The van der Waals surface area contributed by atoms with Crippen molar-refractivity contribution in [2.45, 2.75) is 0 Å². The molecular weight excluding hydrogens is 138 g/mol. The Morgan fingerprint density at radius 3 is 3.09 bits per heavy atom. The molecule has 0 amide bonds. The van der Waals surface area contributed by atoms with Crippen LogP contribution in [0.3, 0.4) is 0 Å². The van der Waals surface area contributed by atoms with Gasteiger partial charge in [-0.05, 0) is 24.6 Å². The summed E-state index contributed by atoms with van der Waals surface area (Å²) in [5.41, 5.74) is 2.56. The predicted octanol–water partition coefficient (Wildman–Crippen LogP) is 1.03. The average molecular weight is 145 g/mol. The molecule has 0 spiro atoms. The summed E-state index contributed by atoms with van der Waals surface area (Å²) in [7, 11) is 1.85. The van der Waals surface area contributed by atoms with E-state index in [1.54, 1.807) is 4.68 Å². The zero-order valence-electron chi connectivity index (χ0n) is 6.15. The van der Waals surface area contributed by atoms with Crippen LogP contribution < -0.4 is 0 Å². The van der Waals surface area contributed by atoms with Crippen LogP contribution in [0.25, 0.3) is 11.0 Å². The number of aryl methyl sites for hydroxylation is 1. The highest BCUT2D eigenvalue weighted by Crippen LogP contribution is 2.10. The molecule has 2 aromatic rings. The Morgan fingerprint density at radius 2 is 2.27 bits per heavy atom. The highest BCUT2D eigenvalue weighted by atomic mass is 15.4. The molecule has 0 aliphatic carbocycles. The third-order valence-electron chi connectivity index (χ3n) is 1.63. The highest BCUT2D eigenvalue weighted by Gasteiger charge is 1.98. The third kappa shape index (κ3) is 0.888. The van der Waals surface area contributed by atoms with Crippen molar-refractivity contribution in [3.8, 4) is 0 Å². The molecule has 0 aliphatic rings. The van der Waals surface area contributed by atoms with Crippen LogP contribution in [0.2, 0.25) is 0 Å². The predicted molar refractivity (Wildman–Crippen MR) is 41.9 cm³/mol. The molecule has 3 nitrogen and oxygen atoms in total. The number of rotatable bonds is 0. The minimum absolute atomic E-state index is 0.720. The number of nitrogens with zero attached hydrogens (tertiary/aromatic N) is 3. The van der Waals surface area contributed by atoms with E-state index in [-0.39, 0.29) is 0 Å². The number of fused-ring (bicyclic) bond motifs is 1. The van der Waals surface area contributed by atoms with Crippen LogP contribution in [-0.4, -0.2) is 15.0 Å². The first-order valence-electron chi connectivity index (χ1n) is 3.32. The molecule has 54 valence electrons. The van der Waals surface area contributed by atoms with Gasteiger partial charge in [-0.15, -0.1) is 5.10 Å². The van der Waals surface area contributed by atoms with E-state index in [0.29, 0.717) is 0 Å². The average Bonchev–Trinajstić information content (AvgIpc) is 2.32. The van der Waals surface area contributed by atoms with E-state index in [0.717, 1.165) is 16.6 Å². The maximum absolute atomic E-state index is 5.56. The molecule has 0 bridgehead atoms. The molecule has 0 atom stereocenters. The summed E-state index contributed by atoms with van der Waals surface area (Å²) in [6, 6.07) is 5.55. The van der Waals surface area contributed by atoms with Crippen LogP contribution >= 0.6 is 0 Å². The molecule has 0 N–H and O–H groups in total. The van der Waals surface area contributed by atoms with Gasteiger partial charge in [0.05, 0.1) is 5.52 Å². The van der Waals surface area contributed by atoms with E-state index in [2.05, 4.69) is 10.3 Å². The van der Waals surface area contributed by atoms with Gasteiger partial charge in [0, 0.05) is 7.05 Å². The number of hydrogen-bond donors (Lipinski definition) is 0. The maximum Gasteiger partial charge on any atom is 0.113 e. The monoisotopic (exact) mass is 145 g/mol. The summed E-state index contributed by atoms with van der Waals surface area (Å²) in [5, 5.41) is 7.76. The minimum atomic E-state index is 0.720. The van der Waals surface area contributed by atoms with Crippen LogP contribution in [0.4, 0.5) is 0 Å². The van der Waals surface area contributed by atoms with Crippen molar-refractivity contribution < 1.29 is 0 Å². The molecule has 0 fully saturated rings. The Hall–Kier alpha value is -1.38. The standard InChI is InChI=1S/C8H7N3/c1-6-3-4-8-7(5-6)9-10-11(8)2/h1,3-5H,2H3. The summed E-state index contributed by atoms with van der Waals surface area (Å²) in [4.78, 5) is 0. The van der Waals surface area contributed by atoms with Gasteiger partial charge in [-0.2, -0.15) is 0 Å².